The lowest BCUT2D eigenvalue weighted by atomic mass is 10.1. The molecule has 0 spiro atoms. The Labute approximate surface area is 146 Å². The van der Waals surface area contributed by atoms with Gasteiger partial charge < -0.3 is 19.6 Å². The highest BCUT2D eigenvalue weighted by atomic mass is 16.5. The predicted molar refractivity (Wildman–Crippen MR) is 94.2 cm³/mol. The van der Waals surface area contributed by atoms with Gasteiger partial charge in [-0.25, -0.2) is 4.79 Å². The molecule has 1 saturated heterocycles. The minimum atomic E-state index is -1.05. The van der Waals surface area contributed by atoms with E-state index in [-0.39, 0.29) is 19.1 Å². The Morgan fingerprint density at radius 2 is 1.80 bits per heavy atom. The number of nitrogens with zero attached hydrogens (tertiary/aromatic N) is 2. The molecule has 1 aliphatic rings. The van der Waals surface area contributed by atoms with E-state index < -0.39 is 12.1 Å². The molecule has 0 aromatic heterocycles. The Kier molecular flexibility index (Phi) is 5.00. The van der Waals surface area contributed by atoms with Crippen molar-refractivity contribution in [1.82, 2.24) is 4.90 Å². The number of ether oxygens (including phenoxy) is 1. The lowest BCUT2D eigenvalue weighted by Crippen LogP contribution is -2.48. The number of hydrogen-bond acceptors (Lipinski definition) is 4. The van der Waals surface area contributed by atoms with E-state index in [0.717, 1.165) is 11.4 Å². The number of carbonyl (C=O) groups is 2. The van der Waals surface area contributed by atoms with Crippen LogP contribution in [0.25, 0.3) is 0 Å². The molecule has 0 bridgehead atoms. The third-order valence-corrected chi connectivity index (χ3v) is 4.27. The SMILES string of the molecule is CN(c1ccccc1)c1ccccc1C(=O)N1CCO[C@@H](C(=O)O)C1. The third kappa shape index (κ3) is 3.64. The number of aliphatic carboxylic acids is 1. The fourth-order valence-corrected chi connectivity index (χ4v) is 2.89. The Morgan fingerprint density at radius 3 is 2.52 bits per heavy atom. The van der Waals surface area contributed by atoms with Crippen molar-refractivity contribution in [3.05, 3.63) is 60.2 Å². The fraction of sp³-hybridized carbons (Fsp3) is 0.263. The predicted octanol–water partition coefficient (Wildman–Crippen LogP) is 2.38. The van der Waals surface area contributed by atoms with Gasteiger partial charge in [-0.1, -0.05) is 30.3 Å². The molecule has 130 valence electrons. The summed E-state index contributed by atoms with van der Waals surface area (Å²) in [5, 5.41) is 9.13. The van der Waals surface area contributed by atoms with E-state index in [1.54, 1.807) is 11.0 Å². The first-order valence-electron chi connectivity index (χ1n) is 8.09. The van der Waals surface area contributed by atoms with Crippen LogP contribution >= 0.6 is 0 Å². The van der Waals surface area contributed by atoms with Crippen molar-refractivity contribution in [3.8, 4) is 0 Å². The van der Waals surface area contributed by atoms with Gasteiger partial charge in [-0.2, -0.15) is 0 Å². The molecule has 0 unspecified atom stereocenters. The summed E-state index contributed by atoms with van der Waals surface area (Å²) in [6.45, 7) is 0.656. The number of morpholine rings is 1. The summed E-state index contributed by atoms with van der Waals surface area (Å²) in [4.78, 5) is 27.6. The quantitative estimate of drug-likeness (QED) is 0.925. The number of carbonyl (C=O) groups excluding carboxylic acids is 1. The average Bonchev–Trinajstić information content (AvgIpc) is 2.67. The van der Waals surface area contributed by atoms with Crippen molar-refractivity contribution in [3.63, 3.8) is 0 Å². The molecule has 1 heterocycles. The lowest BCUT2D eigenvalue weighted by molar-refractivity contribution is -0.154. The number of carboxylic acids is 1. The minimum absolute atomic E-state index is 0.0531. The summed E-state index contributed by atoms with van der Waals surface area (Å²) in [6.07, 6.45) is -0.975. The number of hydrogen-bond donors (Lipinski definition) is 1. The standard InChI is InChI=1S/C19H20N2O4/c1-20(14-7-3-2-4-8-14)16-10-6-5-9-15(16)18(22)21-11-12-25-17(13-21)19(23)24/h2-10,17H,11-13H2,1H3,(H,23,24)/t17-/m1/s1. The molecule has 6 heteroatoms. The van der Waals surface area contributed by atoms with Crippen molar-refractivity contribution in [2.75, 3.05) is 31.6 Å². The molecular weight excluding hydrogens is 320 g/mol. The van der Waals surface area contributed by atoms with Gasteiger partial charge in [0.1, 0.15) is 0 Å². The monoisotopic (exact) mass is 340 g/mol. The van der Waals surface area contributed by atoms with Crippen LogP contribution < -0.4 is 4.90 Å². The van der Waals surface area contributed by atoms with Gasteiger partial charge in [0.15, 0.2) is 6.10 Å². The largest absolute Gasteiger partial charge is 0.479 e. The second kappa shape index (κ2) is 7.36. The number of carboxylic acid groups (broad SMARTS) is 1. The summed E-state index contributed by atoms with van der Waals surface area (Å²) in [5.41, 5.74) is 2.28. The second-order valence-electron chi connectivity index (χ2n) is 5.86. The summed E-state index contributed by atoms with van der Waals surface area (Å²) in [6, 6.07) is 17.1. The maximum Gasteiger partial charge on any atom is 0.334 e. The summed E-state index contributed by atoms with van der Waals surface area (Å²) < 4.78 is 5.20. The molecule has 2 aromatic rings. The van der Waals surface area contributed by atoms with Gasteiger partial charge in [-0.15, -0.1) is 0 Å². The van der Waals surface area contributed by atoms with Gasteiger partial charge in [0.25, 0.3) is 5.91 Å². The van der Waals surface area contributed by atoms with Gasteiger partial charge in [0.05, 0.1) is 24.4 Å². The van der Waals surface area contributed by atoms with Crippen molar-refractivity contribution < 1.29 is 19.4 Å². The first-order chi connectivity index (χ1) is 12.1. The Morgan fingerprint density at radius 1 is 1.12 bits per heavy atom. The average molecular weight is 340 g/mol. The van der Waals surface area contributed by atoms with Crippen LogP contribution in [0.4, 0.5) is 11.4 Å². The lowest BCUT2D eigenvalue weighted by Gasteiger charge is -2.32. The van der Waals surface area contributed by atoms with E-state index in [2.05, 4.69) is 0 Å². The highest BCUT2D eigenvalue weighted by Gasteiger charge is 2.30. The number of amides is 1. The zero-order chi connectivity index (χ0) is 17.8. The molecule has 2 aromatic carbocycles. The van der Waals surface area contributed by atoms with Crippen molar-refractivity contribution in [1.29, 1.82) is 0 Å². The number of anilines is 2. The van der Waals surface area contributed by atoms with Crippen molar-refractivity contribution >= 4 is 23.3 Å². The van der Waals surface area contributed by atoms with E-state index in [1.807, 2.05) is 60.5 Å². The molecule has 1 amide bonds. The first kappa shape index (κ1) is 17.0. The molecule has 6 nitrogen and oxygen atoms in total. The Bertz CT molecular complexity index is 763. The van der Waals surface area contributed by atoms with Gasteiger partial charge in [0.2, 0.25) is 0 Å². The molecule has 0 saturated carbocycles. The summed E-state index contributed by atoms with van der Waals surface area (Å²) >= 11 is 0. The van der Waals surface area contributed by atoms with Gasteiger partial charge in [0, 0.05) is 19.3 Å². The van der Waals surface area contributed by atoms with Gasteiger partial charge in [-0.3, -0.25) is 4.79 Å². The number of para-hydroxylation sites is 2. The highest BCUT2D eigenvalue weighted by Crippen LogP contribution is 2.28. The topological polar surface area (TPSA) is 70.1 Å². The van der Waals surface area contributed by atoms with Gasteiger partial charge >= 0.3 is 5.97 Å². The Hall–Kier alpha value is -2.86. The number of rotatable bonds is 4. The minimum Gasteiger partial charge on any atom is -0.479 e. The van der Waals surface area contributed by atoms with E-state index in [9.17, 15) is 9.59 Å². The molecule has 25 heavy (non-hydrogen) atoms. The molecule has 1 fully saturated rings. The van der Waals surface area contributed by atoms with Crippen molar-refractivity contribution in [2.45, 2.75) is 6.10 Å². The Balaban J connectivity index is 1.87. The van der Waals surface area contributed by atoms with Crippen LogP contribution in [0.15, 0.2) is 54.6 Å². The van der Waals surface area contributed by atoms with E-state index in [1.165, 1.54) is 0 Å². The van der Waals surface area contributed by atoms with Crippen LogP contribution in [-0.4, -0.2) is 54.7 Å². The highest BCUT2D eigenvalue weighted by molar-refractivity contribution is 6.00. The van der Waals surface area contributed by atoms with Crippen LogP contribution in [0, 0.1) is 0 Å². The fourth-order valence-electron chi connectivity index (χ4n) is 2.89. The zero-order valence-electron chi connectivity index (χ0n) is 14.0. The molecule has 0 radical (unpaired) electrons. The summed E-state index contributed by atoms with van der Waals surface area (Å²) in [7, 11) is 1.90. The van der Waals surface area contributed by atoms with Crippen LogP contribution in [-0.2, 0) is 9.53 Å². The number of benzene rings is 2. The maximum absolute atomic E-state index is 13.0. The van der Waals surface area contributed by atoms with Crippen LogP contribution in [0.1, 0.15) is 10.4 Å². The molecule has 1 atom stereocenters. The van der Waals surface area contributed by atoms with Crippen LogP contribution in [0.5, 0.6) is 0 Å². The molecule has 0 aliphatic carbocycles. The maximum atomic E-state index is 13.0. The molecular formula is C19H20N2O4. The zero-order valence-corrected chi connectivity index (χ0v) is 14.0. The van der Waals surface area contributed by atoms with E-state index in [0.29, 0.717) is 12.1 Å². The van der Waals surface area contributed by atoms with Crippen molar-refractivity contribution in [2.24, 2.45) is 0 Å². The third-order valence-electron chi connectivity index (χ3n) is 4.27. The molecule has 1 N–H and O–H groups in total. The van der Waals surface area contributed by atoms with E-state index >= 15 is 0 Å². The summed E-state index contributed by atoms with van der Waals surface area (Å²) in [5.74, 6) is -1.24. The molecule has 3 rings (SSSR count). The molecule has 1 aliphatic heterocycles. The van der Waals surface area contributed by atoms with Crippen LogP contribution in [0.2, 0.25) is 0 Å². The second-order valence-corrected chi connectivity index (χ2v) is 5.86. The van der Waals surface area contributed by atoms with Crippen LogP contribution in [0.3, 0.4) is 0 Å². The first-order valence-corrected chi connectivity index (χ1v) is 8.09. The normalized spacial score (nSPS) is 17.2. The smallest absolute Gasteiger partial charge is 0.334 e. The van der Waals surface area contributed by atoms with Gasteiger partial charge in [-0.05, 0) is 24.3 Å². The van der Waals surface area contributed by atoms with E-state index in [4.69, 9.17) is 9.84 Å².